The second-order valence-corrected chi connectivity index (χ2v) is 2.81. The number of halogens is 1. The molecule has 84 valence electrons. The molecule has 5 heteroatoms. The predicted octanol–water partition coefficient (Wildman–Crippen LogP) is 2.26. The summed E-state index contributed by atoms with van der Waals surface area (Å²) in [4.78, 5) is 14.3. The highest BCUT2D eigenvalue weighted by molar-refractivity contribution is 14.1. The molecule has 0 atom stereocenters. The van der Waals surface area contributed by atoms with Crippen LogP contribution in [-0.2, 0) is 0 Å². The van der Waals surface area contributed by atoms with Gasteiger partial charge < -0.3 is 15.4 Å². The number of alkyl halides is 1. The zero-order valence-corrected chi connectivity index (χ0v) is 11.2. The van der Waals surface area contributed by atoms with Crippen molar-refractivity contribution < 1.29 is 9.53 Å². The fourth-order valence-electron chi connectivity index (χ4n) is 0.941. The SMILES string of the molecule is CI.CN(C)c1cccc(OC(N)=O)c1. The lowest BCUT2D eigenvalue weighted by Gasteiger charge is -2.12. The third kappa shape index (κ3) is 5.46. The van der Waals surface area contributed by atoms with E-state index in [4.69, 9.17) is 10.5 Å². The Kier molecular flexibility index (Phi) is 6.85. The molecule has 0 spiro atoms. The first-order valence-corrected chi connectivity index (χ1v) is 6.38. The van der Waals surface area contributed by atoms with Crippen LogP contribution in [0.1, 0.15) is 0 Å². The van der Waals surface area contributed by atoms with Gasteiger partial charge >= 0.3 is 6.09 Å². The highest BCUT2D eigenvalue weighted by atomic mass is 127. The van der Waals surface area contributed by atoms with Gasteiger partial charge in [-0.25, -0.2) is 4.79 Å². The lowest BCUT2D eigenvalue weighted by Crippen LogP contribution is -2.16. The highest BCUT2D eigenvalue weighted by Crippen LogP contribution is 2.18. The monoisotopic (exact) mass is 322 g/mol. The zero-order chi connectivity index (χ0) is 11.8. The van der Waals surface area contributed by atoms with Gasteiger partial charge in [0.1, 0.15) is 5.75 Å². The minimum absolute atomic E-state index is 0.457. The van der Waals surface area contributed by atoms with E-state index in [9.17, 15) is 4.79 Å². The van der Waals surface area contributed by atoms with Gasteiger partial charge in [-0.3, -0.25) is 0 Å². The van der Waals surface area contributed by atoms with Crippen LogP contribution in [-0.4, -0.2) is 25.1 Å². The van der Waals surface area contributed by atoms with Crippen molar-refractivity contribution in [1.29, 1.82) is 0 Å². The van der Waals surface area contributed by atoms with E-state index < -0.39 is 6.09 Å². The molecule has 0 unspecified atom stereocenters. The van der Waals surface area contributed by atoms with Crippen LogP contribution >= 0.6 is 22.6 Å². The number of carbonyl (C=O) groups excluding carboxylic acids is 1. The van der Waals surface area contributed by atoms with E-state index in [-0.39, 0.29) is 0 Å². The fourth-order valence-corrected chi connectivity index (χ4v) is 0.941. The van der Waals surface area contributed by atoms with Gasteiger partial charge in [0.25, 0.3) is 0 Å². The largest absolute Gasteiger partial charge is 0.410 e. The van der Waals surface area contributed by atoms with Crippen molar-refractivity contribution in [1.82, 2.24) is 0 Å². The smallest absolute Gasteiger partial charge is 0.409 e. The Morgan fingerprint density at radius 1 is 1.40 bits per heavy atom. The van der Waals surface area contributed by atoms with Crippen LogP contribution in [0.5, 0.6) is 5.75 Å². The molecule has 1 aromatic carbocycles. The van der Waals surface area contributed by atoms with Crippen molar-refractivity contribution in [2.45, 2.75) is 0 Å². The summed E-state index contributed by atoms with van der Waals surface area (Å²) < 4.78 is 4.72. The Balaban J connectivity index is 0.000000921. The molecule has 0 radical (unpaired) electrons. The number of hydrogen-bond acceptors (Lipinski definition) is 3. The molecular weight excluding hydrogens is 307 g/mol. The number of nitrogens with zero attached hydrogens (tertiary/aromatic N) is 1. The number of rotatable bonds is 2. The second kappa shape index (κ2) is 7.33. The molecule has 0 aliphatic rings. The Hall–Kier alpha value is -0.980. The average molecular weight is 322 g/mol. The Bertz CT molecular complexity index is 316. The lowest BCUT2D eigenvalue weighted by atomic mass is 10.3. The number of hydrogen-bond donors (Lipinski definition) is 1. The molecule has 0 aliphatic heterocycles. The maximum absolute atomic E-state index is 10.4. The van der Waals surface area contributed by atoms with E-state index in [2.05, 4.69) is 22.6 Å². The first kappa shape index (κ1) is 14.0. The van der Waals surface area contributed by atoms with Crippen LogP contribution in [0.4, 0.5) is 10.5 Å². The summed E-state index contributed by atoms with van der Waals surface area (Å²) in [6.07, 6.45) is -0.795. The van der Waals surface area contributed by atoms with Crippen molar-refractivity contribution in [3.05, 3.63) is 24.3 Å². The summed E-state index contributed by atoms with van der Waals surface area (Å²) >= 11 is 2.15. The summed E-state index contributed by atoms with van der Waals surface area (Å²) in [5.74, 6) is 0.457. The average Bonchev–Trinajstić information content (AvgIpc) is 2.20. The van der Waals surface area contributed by atoms with Gasteiger partial charge in [-0.2, -0.15) is 0 Å². The zero-order valence-electron chi connectivity index (χ0n) is 9.03. The van der Waals surface area contributed by atoms with Gasteiger partial charge in [-0.05, 0) is 17.1 Å². The van der Waals surface area contributed by atoms with Crippen LogP contribution in [0.15, 0.2) is 24.3 Å². The number of amides is 1. The summed E-state index contributed by atoms with van der Waals surface area (Å²) in [6, 6.07) is 7.13. The first-order chi connectivity index (χ1) is 7.09. The number of nitrogens with two attached hydrogens (primary N) is 1. The molecule has 4 nitrogen and oxygen atoms in total. The predicted molar refractivity (Wildman–Crippen MR) is 70.9 cm³/mol. The summed E-state index contributed by atoms with van der Waals surface area (Å²) in [7, 11) is 3.81. The van der Waals surface area contributed by atoms with Crippen LogP contribution in [0.25, 0.3) is 0 Å². The molecule has 2 N–H and O–H groups in total. The van der Waals surface area contributed by atoms with E-state index in [1.54, 1.807) is 18.2 Å². The van der Waals surface area contributed by atoms with Crippen LogP contribution in [0, 0.1) is 0 Å². The molecular formula is C10H15IN2O2. The van der Waals surface area contributed by atoms with Crippen LogP contribution in [0.3, 0.4) is 0 Å². The first-order valence-electron chi connectivity index (χ1n) is 4.22. The minimum atomic E-state index is -0.795. The molecule has 0 aromatic heterocycles. The van der Waals surface area contributed by atoms with Crippen molar-refractivity contribution in [2.24, 2.45) is 5.73 Å². The topological polar surface area (TPSA) is 55.6 Å². The molecule has 0 fully saturated rings. The molecule has 1 aromatic rings. The molecule has 1 amide bonds. The number of anilines is 1. The number of primary amides is 1. The van der Waals surface area contributed by atoms with Gasteiger partial charge in [-0.1, -0.05) is 28.7 Å². The Labute approximate surface area is 104 Å². The van der Waals surface area contributed by atoms with Gasteiger partial charge in [0.05, 0.1) is 0 Å². The third-order valence-electron chi connectivity index (χ3n) is 1.55. The second-order valence-electron chi connectivity index (χ2n) is 2.81. The van der Waals surface area contributed by atoms with Crippen molar-refractivity contribution in [3.8, 4) is 5.75 Å². The van der Waals surface area contributed by atoms with Crippen LogP contribution < -0.4 is 15.4 Å². The quantitative estimate of drug-likeness (QED) is 0.671. The summed E-state index contributed by atoms with van der Waals surface area (Å²) in [5, 5.41) is 0. The van der Waals surface area contributed by atoms with E-state index >= 15 is 0 Å². The summed E-state index contributed by atoms with van der Waals surface area (Å²) in [5.41, 5.74) is 5.83. The molecule has 0 bridgehead atoms. The molecule has 1 rings (SSSR count). The molecule has 0 saturated heterocycles. The van der Waals surface area contributed by atoms with Gasteiger partial charge in [-0.15, -0.1) is 0 Å². The molecule has 0 heterocycles. The van der Waals surface area contributed by atoms with Gasteiger partial charge in [0.15, 0.2) is 0 Å². The number of ether oxygens (including phenoxy) is 1. The normalized spacial score (nSPS) is 8.53. The highest BCUT2D eigenvalue weighted by Gasteiger charge is 2.00. The van der Waals surface area contributed by atoms with E-state index in [1.807, 2.05) is 30.0 Å². The van der Waals surface area contributed by atoms with Crippen molar-refractivity contribution in [2.75, 3.05) is 23.9 Å². The van der Waals surface area contributed by atoms with E-state index in [1.165, 1.54) is 0 Å². The lowest BCUT2D eigenvalue weighted by molar-refractivity contribution is 0.211. The standard InChI is InChI=1S/C9H12N2O2.CH3I/c1-11(2)7-4-3-5-8(6-7)13-9(10)12;1-2/h3-6H,1-2H3,(H2,10,12);1H3. The number of benzene rings is 1. The van der Waals surface area contributed by atoms with E-state index in [0.29, 0.717) is 5.75 Å². The Morgan fingerprint density at radius 2 is 2.00 bits per heavy atom. The molecule has 0 aliphatic carbocycles. The van der Waals surface area contributed by atoms with E-state index in [0.717, 1.165) is 5.69 Å². The Morgan fingerprint density at radius 3 is 2.47 bits per heavy atom. The third-order valence-corrected chi connectivity index (χ3v) is 1.55. The maximum atomic E-state index is 10.4. The van der Waals surface area contributed by atoms with Gasteiger partial charge in [0, 0.05) is 25.8 Å². The summed E-state index contributed by atoms with van der Waals surface area (Å²) in [6.45, 7) is 0. The van der Waals surface area contributed by atoms with Gasteiger partial charge in [0.2, 0.25) is 0 Å². The number of carbonyl (C=O) groups is 1. The van der Waals surface area contributed by atoms with Crippen LogP contribution in [0.2, 0.25) is 0 Å². The fraction of sp³-hybridized carbons (Fsp3) is 0.300. The minimum Gasteiger partial charge on any atom is -0.410 e. The molecule has 0 saturated carbocycles. The van der Waals surface area contributed by atoms with Crippen molar-refractivity contribution >= 4 is 34.4 Å². The maximum Gasteiger partial charge on any atom is 0.409 e. The molecule has 15 heavy (non-hydrogen) atoms. The van der Waals surface area contributed by atoms with Crippen molar-refractivity contribution in [3.63, 3.8) is 0 Å².